The number of nitrogens with one attached hydrogen (secondary N) is 1. The molecular formula is C18H29N3O3S. The van der Waals surface area contributed by atoms with Crippen LogP contribution in [0.3, 0.4) is 0 Å². The summed E-state index contributed by atoms with van der Waals surface area (Å²) in [5.74, 6) is -0.105. The first kappa shape index (κ1) is 19.9. The number of nitrogens with zero attached hydrogens (tertiary/aromatic N) is 2. The van der Waals surface area contributed by atoms with Crippen molar-refractivity contribution in [2.24, 2.45) is 0 Å². The number of hydrogen-bond donors (Lipinski definition) is 1. The van der Waals surface area contributed by atoms with E-state index in [2.05, 4.69) is 17.1 Å². The first-order chi connectivity index (χ1) is 11.8. The Morgan fingerprint density at radius 3 is 2.48 bits per heavy atom. The molecule has 2 rings (SSSR count). The van der Waals surface area contributed by atoms with Crippen LogP contribution in [0.15, 0.2) is 29.2 Å². The molecule has 0 aliphatic heterocycles. The maximum Gasteiger partial charge on any atom is 0.242 e. The van der Waals surface area contributed by atoms with Crippen molar-refractivity contribution in [2.45, 2.75) is 50.0 Å². The van der Waals surface area contributed by atoms with E-state index in [1.54, 1.807) is 12.1 Å². The fraction of sp³-hybridized carbons (Fsp3) is 0.611. The molecule has 7 heteroatoms. The zero-order valence-electron chi connectivity index (χ0n) is 15.4. The molecule has 0 atom stereocenters. The summed E-state index contributed by atoms with van der Waals surface area (Å²) in [6.45, 7) is 3.26. The molecule has 140 valence electrons. The fourth-order valence-electron chi connectivity index (χ4n) is 3.28. The highest BCUT2D eigenvalue weighted by atomic mass is 32.2. The molecule has 1 aliphatic carbocycles. The number of carbonyl (C=O) groups is 1. The van der Waals surface area contributed by atoms with Gasteiger partial charge in [-0.25, -0.2) is 12.7 Å². The monoisotopic (exact) mass is 367 g/mol. The van der Waals surface area contributed by atoms with Crippen molar-refractivity contribution in [1.29, 1.82) is 0 Å². The lowest BCUT2D eigenvalue weighted by Crippen LogP contribution is -2.41. The third-order valence-corrected chi connectivity index (χ3v) is 6.55. The van der Waals surface area contributed by atoms with E-state index in [-0.39, 0.29) is 10.8 Å². The summed E-state index contributed by atoms with van der Waals surface area (Å²) < 4.78 is 25.6. The number of benzene rings is 1. The van der Waals surface area contributed by atoms with Gasteiger partial charge in [0.25, 0.3) is 0 Å². The Labute approximate surface area is 151 Å². The first-order valence-electron chi connectivity index (χ1n) is 8.91. The summed E-state index contributed by atoms with van der Waals surface area (Å²) in [4.78, 5) is 14.8. The van der Waals surface area contributed by atoms with Gasteiger partial charge < -0.3 is 5.32 Å². The number of hydrogen-bond acceptors (Lipinski definition) is 4. The molecule has 0 heterocycles. The summed E-state index contributed by atoms with van der Waals surface area (Å²) in [6, 6.07) is 6.87. The smallest absolute Gasteiger partial charge is 0.242 e. The highest BCUT2D eigenvalue weighted by molar-refractivity contribution is 7.89. The number of likely N-dealkylation sites (N-methyl/N-ethyl adjacent to an activating group) is 1. The predicted octanol–water partition coefficient (Wildman–Crippen LogP) is 2.53. The van der Waals surface area contributed by atoms with E-state index in [0.29, 0.717) is 18.3 Å². The van der Waals surface area contributed by atoms with Crippen LogP contribution in [0.2, 0.25) is 0 Å². The number of anilines is 1. The summed E-state index contributed by atoms with van der Waals surface area (Å²) >= 11 is 0. The van der Waals surface area contributed by atoms with E-state index in [0.717, 1.165) is 23.7 Å². The Morgan fingerprint density at radius 1 is 1.20 bits per heavy atom. The Morgan fingerprint density at radius 2 is 1.88 bits per heavy atom. The Balaban J connectivity index is 2.02. The standard InChI is InChI=1S/C18H29N3O3S/c1-4-21(16-10-6-5-7-11-16)14-18(22)19-15-9-8-12-17(13-15)25(23,24)20(2)3/h8-9,12-13,16H,4-7,10-11,14H2,1-3H3,(H,19,22). The molecule has 0 radical (unpaired) electrons. The minimum Gasteiger partial charge on any atom is -0.325 e. The van der Waals surface area contributed by atoms with Crippen molar-refractivity contribution in [3.05, 3.63) is 24.3 Å². The van der Waals surface area contributed by atoms with Crippen LogP contribution < -0.4 is 5.32 Å². The summed E-state index contributed by atoms with van der Waals surface area (Å²) in [7, 11) is -0.528. The van der Waals surface area contributed by atoms with Gasteiger partial charge in [-0.1, -0.05) is 32.3 Å². The van der Waals surface area contributed by atoms with Gasteiger partial charge in [0.15, 0.2) is 0 Å². The van der Waals surface area contributed by atoms with Crippen molar-refractivity contribution >= 4 is 21.6 Å². The molecule has 1 N–H and O–H groups in total. The van der Waals surface area contributed by atoms with Gasteiger partial charge in [0.05, 0.1) is 11.4 Å². The number of carbonyl (C=O) groups excluding carboxylic acids is 1. The molecular weight excluding hydrogens is 338 g/mol. The van der Waals surface area contributed by atoms with E-state index in [4.69, 9.17) is 0 Å². The van der Waals surface area contributed by atoms with Crippen LogP contribution in [0.1, 0.15) is 39.0 Å². The van der Waals surface area contributed by atoms with Crippen molar-refractivity contribution in [1.82, 2.24) is 9.21 Å². The molecule has 1 aromatic carbocycles. The van der Waals surface area contributed by atoms with Crippen LogP contribution in [-0.4, -0.2) is 56.8 Å². The van der Waals surface area contributed by atoms with Gasteiger partial charge in [-0.2, -0.15) is 0 Å². The average Bonchev–Trinajstić information content (AvgIpc) is 2.60. The van der Waals surface area contributed by atoms with Gasteiger partial charge in [-0.15, -0.1) is 0 Å². The third kappa shape index (κ3) is 5.26. The quantitative estimate of drug-likeness (QED) is 0.804. The van der Waals surface area contributed by atoms with Crippen LogP contribution in [0.5, 0.6) is 0 Å². The summed E-state index contributed by atoms with van der Waals surface area (Å²) in [6.07, 6.45) is 6.04. The van der Waals surface area contributed by atoms with Crippen LogP contribution in [-0.2, 0) is 14.8 Å². The van der Waals surface area contributed by atoms with Gasteiger partial charge in [0.1, 0.15) is 0 Å². The largest absolute Gasteiger partial charge is 0.325 e. The van der Waals surface area contributed by atoms with Gasteiger partial charge in [-0.05, 0) is 37.6 Å². The molecule has 0 saturated heterocycles. The lowest BCUT2D eigenvalue weighted by atomic mass is 9.94. The van der Waals surface area contributed by atoms with E-state index in [1.165, 1.54) is 45.5 Å². The zero-order chi connectivity index (χ0) is 18.4. The van der Waals surface area contributed by atoms with Gasteiger partial charge in [-0.3, -0.25) is 9.69 Å². The molecule has 1 saturated carbocycles. The average molecular weight is 368 g/mol. The van der Waals surface area contributed by atoms with Crippen molar-refractivity contribution in [2.75, 3.05) is 32.5 Å². The van der Waals surface area contributed by atoms with Crippen LogP contribution >= 0.6 is 0 Å². The Bertz CT molecular complexity index is 683. The molecule has 6 nitrogen and oxygen atoms in total. The zero-order valence-corrected chi connectivity index (χ0v) is 16.2. The molecule has 0 spiro atoms. The predicted molar refractivity (Wildman–Crippen MR) is 100 cm³/mol. The number of sulfonamides is 1. The molecule has 1 amide bonds. The van der Waals surface area contributed by atoms with Crippen LogP contribution in [0.4, 0.5) is 5.69 Å². The molecule has 1 fully saturated rings. The van der Waals surface area contributed by atoms with Crippen molar-refractivity contribution in [3.63, 3.8) is 0 Å². The van der Waals surface area contributed by atoms with E-state index < -0.39 is 10.0 Å². The topological polar surface area (TPSA) is 69.7 Å². The minimum absolute atomic E-state index is 0.105. The summed E-state index contributed by atoms with van der Waals surface area (Å²) in [5.41, 5.74) is 0.507. The molecule has 0 aromatic heterocycles. The summed E-state index contributed by atoms with van der Waals surface area (Å²) in [5, 5.41) is 2.83. The second-order valence-corrected chi connectivity index (χ2v) is 8.87. The number of rotatable bonds is 7. The lowest BCUT2D eigenvalue weighted by Gasteiger charge is -2.32. The maximum atomic E-state index is 12.4. The molecule has 1 aromatic rings. The van der Waals surface area contributed by atoms with Gasteiger partial charge in [0.2, 0.25) is 15.9 Å². The van der Waals surface area contributed by atoms with Crippen LogP contribution in [0, 0.1) is 0 Å². The van der Waals surface area contributed by atoms with Crippen molar-refractivity contribution in [3.8, 4) is 0 Å². The second kappa shape index (κ2) is 8.78. The van der Waals surface area contributed by atoms with E-state index in [1.807, 2.05) is 0 Å². The minimum atomic E-state index is -3.51. The highest BCUT2D eigenvalue weighted by Crippen LogP contribution is 2.22. The first-order valence-corrected chi connectivity index (χ1v) is 10.3. The second-order valence-electron chi connectivity index (χ2n) is 6.72. The highest BCUT2D eigenvalue weighted by Gasteiger charge is 2.22. The maximum absolute atomic E-state index is 12.4. The molecule has 0 unspecified atom stereocenters. The lowest BCUT2D eigenvalue weighted by molar-refractivity contribution is -0.118. The molecule has 25 heavy (non-hydrogen) atoms. The number of amides is 1. The van der Waals surface area contributed by atoms with Gasteiger partial charge >= 0.3 is 0 Å². The fourth-order valence-corrected chi connectivity index (χ4v) is 4.22. The van der Waals surface area contributed by atoms with Crippen molar-refractivity contribution < 1.29 is 13.2 Å². The normalized spacial score (nSPS) is 16.4. The molecule has 1 aliphatic rings. The molecule has 0 bridgehead atoms. The van der Waals surface area contributed by atoms with E-state index in [9.17, 15) is 13.2 Å². The van der Waals surface area contributed by atoms with Crippen LogP contribution in [0.25, 0.3) is 0 Å². The Hall–Kier alpha value is -1.44. The third-order valence-electron chi connectivity index (χ3n) is 4.74. The SMILES string of the molecule is CCN(CC(=O)Nc1cccc(S(=O)(=O)N(C)C)c1)C1CCCCC1. The Kier molecular flexibility index (Phi) is 6.98. The van der Waals surface area contributed by atoms with Gasteiger partial charge in [0, 0.05) is 25.8 Å². The van der Waals surface area contributed by atoms with E-state index >= 15 is 0 Å².